The van der Waals surface area contributed by atoms with Gasteiger partial charge in [0, 0.05) is 25.2 Å². The normalized spacial score (nSPS) is 47.5. The van der Waals surface area contributed by atoms with E-state index in [-0.39, 0.29) is 47.3 Å². The fourth-order valence-electron chi connectivity index (χ4n) is 7.45. The number of hydrogen-bond donors (Lipinski definition) is 1. The lowest BCUT2D eigenvalue weighted by atomic mass is 9.43. The van der Waals surface area contributed by atoms with Crippen LogP contribution in [0.5, 0.6) is 0 Å². The quantitative estimate of drug-likeness (QED) is 0.734. The van der Waals surface area contributed by atoms with Crippen molar-refractivity contribution >= 4 is 17.5 Å². The third-order valence-electron chi connectivity index (χ3n) is 8.88. The van der Waals surface area contributed by atoms with Gasteiger partial charge in [-0.1, -0.05) is 19.9 Å². The summed E-state index contributed by atoms with van der Waals surface area (Å²) in [5.74, 6) is 0.437. The lowest BCUT2D eigenvalue weighted by Gasteiger charge is -2.62. The zero-order chi connectivity index (χ0) is 20.5. The number of fused-ring (bicyclic) bond motifs is 5. The van der Waals surface area contributed by atoms with Crippen molar-refractivity contribution in [2.45, 2.75) is 84.3 Å². The molecule has 0 unspecified atom stereocenters. The number of rotatable bonds is 2. The van der Waals surface area contributed by atoms with Crippen LogP contribution in [0.15, 0.2) is 11.6 Å². The van der Waals surface area contributed by atoms with Crippen LogP contribution in [-0.2, 0) is 19.1 Å². The predicted octanol–water partition coefficient (Wildman–Crippen LogP) is 3.38. The van der Waals surface area contributed by atoms with Crippen molar-refractivity contribution < 1.29 is 24.2 Å². The Bertz CT molecular complexity index is 769. The van der Waals surface area contributed by atoms with Crippen molar-refractivity contribution in [1.82, 2.24) is 0 Å². The van der Waals surface area contributed by atoms with E-state index in [2.05, 4.69) is 19.9 Å². The number of Topliss-reactive ketones (excluding diaryl/α,β-unsaturated/α-hetero) is 2. The van der Waals surface area contributed by atoms with Gasteiger partial charge in [-0.05, 0) is 67.8 Å². The van der Waals surface area contributed by atoms with Crippen molar-refractivity contribution in [2.24, 2.45) is 28.6 Å². The Balaban J connectivity index is 1.65. The van der Waals surface area contributed by atoms with Crippen LogP contribution in [0.1, 0.15) is 72.6 Å². The molecule has 1 N–H and O–H groups in total. The number of ether oxygens (including phenoxy) is 1. The predicted molar refractivity (Wildman–Crippen MR) is 103 cm³/mol. The number of carbonyl (C=O) groups excluding carboxylic acids is 3. The second-order valence-corrected chi connectivity index (χ2v) is 10.1. The number of allylic oxidation sites excluding steroid dienone is 2. The van der Waals surface area contributed by atoms with E-state index < -0.39 is 11.0 Å². The molecule has 28 heavy (non-hydrogen) atoms. The molecule has 5 nitrogen and oxygen atoms in total. The molecule has 154 valence electrons. The van der Waals surface area contributed by atoms with E-state index in [0.29, 0.717) is 25.2 Å². The van der Waals surface area contributed by atoms with Gasteiger partial charge in [0.15, 0.2) is 11.6 Å². The number of carbonyl (C=O) groups is 3. The zero-order valence-corrected chi connectivity index (χ0v) is 17.4. The van der Waals surface area contributed by atoms with Crippen molar-refractivity contribution in [1.29, 1.82) is 0 Å². The third kappa shape index (κ3) is 2.51. The maximum absolute atomic E-state index is 13.3. The Hall–Kier alpha value is -1.49. The maximum Gasteiger partial charge on any atom is 0.302 e. The first-order valence-corrected chi connectivity index (χ1v) is 10.7. The fraction of sp³-hybridized carbons (Fsp3) is 0.783. The van der Waals surface area contributed by atoms with Crippen molar-refractivity contribution in [2.75, 3.05) is 0 Å². The van der Waals surface area contributed by atoms with Gasteiger partial charge in [-0.2, -0.15) is 0 Å². The van der Waals surface area contributed by atoms with Crippen LogP contribution >= 0.6 is 0 Å². The van der Waals surface area contributed by atoms with E-state index in [1.165, 1.54) is 6.92 Å². The molecule has 0 amide bonds. The Labute approximate surface area is 166 Å². The van der Waals surface area contributed by atoms with Crippen molar-refractivity contribution in [3.8, 4) is 0 Å². The van der Waals surface area contributed by atoms with Crippen LogP contribution in [0.2, 0.25) is 0 Å². The lowest BCUT2D eigenvalue weighted by Crippen LogP contribution is -2.67. The average molecular weight is 389 g/mol. The largest absolute Gasteiger partial charge is 0.462 e. The average Bonchev–Trinajstić information content (AvgIpc) is 2.95. The van der Waals surface area contributed by atoms with Gasteiger partial charge >= 0.3 is 5.97 Å². The van der Waals surface area contributed by atoms with E-state index >= 15 is 0 Å². The second kappa shape index (κ2) is 6.25. The molecule has 0 spiro atoms. The van der Waals surface area contributed by atoms with Crippen LogP contribution in [0, 0.1) is 28.6 Å². The first-order chi connectivity index (χ1) is 13.0. The summed E-state index contributed by atoms with van der Waals surface area (Å²) in [5, 5.41) is 11.6. The molecule has 7 atom stereocenters. The molecule has 3 fully saturated rings. The third-order valence-corrected chi connectivity index (χ3v) is 8.88. The van der Waals surface area contributed by atoms with Gasteiger partial charge in [0.05, 0.1) is 0 Å². The summed E-state index contributed by atoms with van der Waals surface area (Å²) >= 11 is 0. The van der Waals surface area contributed by atoms with E-state index in [4.69, 9.17) is 4.74 Å². The van der Waals surface area contributed by atoms with Gasteiger partial charge in [-0.25, -0.2) is 0 Å². The highest BCUT2D eigenvalue weighted by atomic mass is 16.5. The van der Waals surface area contributed by atoms with E-state index in [0.717, 1.165) is 24.8 Å². The minimum atomic E-state index is -1.42. The van der Waals surface area contributed by atoms with Gasteiger partial charge in [0.1, 0.15) is 11.7 Å². The molecule has 0 bridgehead atoms. The molecule has 3 saturated carbocycles. The van der Waals surface area contributed by atoms with Crippen LogP contribution < -0.4 is 0 Å². The highest BCUT2D eigenvalue weighted by Crippen LogP contribution is 2.66. The second-order valence-electron chi connectivity index (χ2n) is 10.1. The molecule has 0 heterocycles. The Morgan fingerprint density at radius 1 is 1.14 bits per heavy atom. The summed E-state index contributed by atoms with van der Waals surface area (Å²) < 4.78 is 5.36. The van der Waals surface area contributed by atoms with Crippen LogP contribution in [0.4, 0.5) is 0 Å². The zero-order valence-electron chi connectivity index (χ0n) is 17.4. The lowest BCUT2D eigenvalue weighted by molar-refractivity contribution is -0.215. The minimum absolute atomic E-state index is 0.103. The summed E-state index contributed by atoms with van der Waals surface area (Å²) in [6.07, 6.45) is 6.36. The first kappa shape index (κ1) is 19.8. The first-order valence-electron chi connectivity index (χ1n) is 10.7. The van der Waals surface area contributed by atoms with Gasteiger partial charge in [0.2, 0.25) is 0 Å². The van der Waals surface area contributed by atoms with E-state index in [9.17, 15) is 19.5 Å². The molecule has 4 aliphatic rings. The Morgan fingerprint density at radius 2 is 1.86 bits per heavy atom. The topological polar surface area (TPSA) is 80.7 Å². The monoisotopic (exact) mass is 388 g/mol. The summed E-state index contributed by atoms with van der Waals surface area (Å²) in [5.41, 5.74) is -1.12. The van der Waals surface area contributed by atoms with E-state index in [1.807, 2.05) is 0 Å². The van der Waals surface area contributed by atoms with Gasteiger partial charge < -0.3 is 9.84 Å². The van der Waals surface area contributed by atoms with Crippen LogP contribution in [0.25, 0.3) is 0 Å². The Morgan fingerprint density at radius 3 is 2.50 bits per heavy atom. The molecular weight excluding hydrogens is 356 g/mol. The van der Waals surface area contributed by atoms with E-state index in [1.54, 1.807) is 6.92 Å². The number of hydrogen-bond acceptors (Lipinski definition) is 5. The highest BCUT2D eigenvalue weighted by Gasteiger charge is 2.67. The fourth-order valence-corrected chi connectivity index (χ4v) is 7.45. The summed E-state index contributed by atoms with van der Waals surface area (Å²) in [6, 6.07) is 0. The molecule has 4 aliphatic carbocycles. The molecule has 5 heteroatoms. The van der Waals surface area contributed by atoms with Gasteiger partial charge in [-0.3, -0.25) is 14.4 Å². The number of ketones is 2. The smallest absolute Gasteiger partial charge is 0.302 e. The van der Waals surface area contributed by atoms with Crippen molar-refractivity contribution in [3.63, 3.8) is 0 Å². The molecule has 0 saturated heterocycles. The summed E-state index contributed by atoms with van der Waals surface area (Å²) in [7, 11) is 0. The van der Waals surface area contributed by atoms with Crippen LogP contribution in [0.3, 0.4) is 0 Å². The van der Waals surface area contributed by atoms with Gasteiger partial charge in [-0.15, -0.1) is 0 Å². The molecule has 0 aromatic heterocycles. The summed E-state index contributed by atoms with van der Waals surface area (Å²) in [4.78, 5) is 36.8. The van der Waals surface area contributed by atoms with Crippen molar-refractivity contribution in [3.05, 3.63) is 11.6 Å². The van der Waals surface area contributed by atoms with Crippen LogP contribution in [-0.4, -0.2) is 34.3 Å². The maximum atomic E-state index is 13.3. The molecule has 0 aromatic carbocycles. The summed E-state index contributed by atoms with van der Waals surface area (Å²) in [6.45, 7) is 7.29. The molecule has 4 rings (SSSR count). The molecule has 0 aliphatic heterocycles. The Kier molecular flexibility index (Phi) is 4.42. The molecule has 0 aromatic rings. The minimum Gasteiger partial charge on any atom is -0.462 e. The molecular formula is C23H32O5. The van der Waals surface area contributed by atoms with Gasteiger partial charge in [0.25, 0.3) is 0 Å². The standard InChI is InChI=1S/C23H32O5/c1-13(24)17-5-6-18-16-11-20(26)23(27)12-15(28-14(2)25)7-10-22(23,4)19(16)8-9-21(17,18)3/h5,15-16,18-19,27H,6-12H2,1-4H3/t15-,16-,18-,19-,21+,22+,23-/m0/s1. The SMILES string of the molecule is CC(=O)O[C@H]1CC[C@]2(C)[C@H]3CC[C@]4(C)C(C(C)=O)=CC[C@H]4[C@@H]3CC(=O)[C@@]2(O)C1. The number of esters is 1. The number of aliphatic hydroxyl groups is 1. The highest BCUT2D eigenvalue weighted by molar-refractivity contribution is 5.95. The molecule has 0 radical (unpaired) electrons.